The molecule has 0 saturated carbocycles. The van der Waals surface area contributed by atoms with Crippen LogP contribution in [0.25, 0.3) is 16.9 Å². The number of hydrogen-bond donors (Lipinski definition) is 3. The number of amides is 2. The first-order valence-electron chi connectivity index (χ1n) is 13.7. The number of nitrogens with zero attached hydrogens (tertiary/aromatic N) is 5. The van der Waals surface area contributed by atoms with Crippen molar-refractivity contribution in [3.8, 4) is 16.9 Å². The molecule has 2 aromatic carbocycles. The van der Waals surface area contributed by atoms with Crippen LogP contribution in [0.3, 0.4) is 0 Å². The van der Waals surface area contributed by atoms with E-state index in [1.54, 1.807) is 27.7 Å². The monoisotopic (exact) mass is 559 g/mol. The van der Waals surface area contributed by atoms with Crippen LogP contribution in [-0.2, 0) is 11.8 Å². The Labute approximate surface area is 237 Å². The van der Waals surface area contributed by atoms with Gasteiger partial charge in [0.2, 0.25) is 0 Å². The Morgan fingerprint density at radius 2 is 1.83 bits per heavy atom. The number of para-hydroxylation sites is 1. The molecule has 1 aliphatic heterocycles. The molecule has 2 amide bonds. The van der Waals surface area contributed by atoms with Crippen LogP contribution in [0, 0.1) is 12.7 Å². The molecule has 5 rings (SSSR count). The number of rotatable bonds is 10. The summed E-state index contributed by atoms with van der Waals surface area (Å²) in [5.74, 6) is -0.613. The van der Waals surface area contributed by atoms with E-state index in [0.29, 0.717) is 25.3 Å². The molecule has 1 fully saturated rings. The summed E-state index contributed by atoms with van der Waals surface area (Å²) in [4.78, 5) is 26.6. The number of aliphatic carboxylic acids is 1. The molecular weight excluding hydrogens is 525 g/mol. The number of urea groups is 1. The van der Waals surface area contributed by atoms with Crippen LogP contribution in [0.1, 0.15) is 36.3 Å². The van der Waals surface area contributed by atoms with Crippen molar-refractivity contribution in [2.24, 2.45) is 7.05 Å². The molecule has 1 saturated heterocycles. The smallest absolute Gasteiger partial charge is 0.320 e. The van der Waals surface area contributed by atoms with E-state index in [-0.39, 0.29) is 30.2 Å². The highest BCUT2D eigenvalue weighted by molar-refractivity contribution is 5.91. The van der Waals surface area contributed by atoms with Gasteiger partial charge in [-0.05, 0) is 56.1 Å². The molecule has 214 valence electrons. The number of carboxylic acids is 1. The normalized spacial score (nSPS) is 17.0. The minimum Gasteiger partial charge on any atom is -0.481 e. The summed E-state index contributed by atoms with van der Waals surface area (Å²) < 4.78 is 17.1. The van der Waals surface area contributed by atoms with E-state index in [1.165, 1.54) is 12.1 Å². The number of likely N-dealkylation sites (tertiary alicyclic amines) is 1. The van der Waals surface area contributed by atoms with Gasteiger partial charge in [0.1, 0.15) is 17.3 Å². The highest BCUT2D eigenvalue weighted by atomic mass is 19.1. The highest BCUT2D eigenvalue weighted by Gasteiger charge is 2.35. The molecule has 41 heavy (non-hydrogen) atoms. The lowest BCUT2D eigenvalue weighted by Crippen LogP contribution is -2.42. The van der Waals surface area contributed by atoms with Gasteiger partial charge in [0, 0.05) is 49.8 Å². The van der Waals surface area contributed by atoms with Crippen molar-refractivity contribution in [2.45, 2.75) is 38.1 Å². The van der Waals surface area contributed by atoms with Crippen LogP contribution in [0.2, 0.25) is 0 Å². The molecule has 3 N–H and O–H groups in total. The Kier molecular flexibility index (Phi) is 8.44. The van der Waals surface area contributed by atoms with Crippen LogP contribution >= 0.6 is 0 Å². The van der Waals surface area contributed by atoms with Gasteiger partial charge in [-0.1, -0.05) is 30.3 Å². The molecule has 2 atom stereocenters. The summed E-state index contributed by atoms with van der Waals surface area (Å²) >= 11 is 0. The zero-order valence-corrected chi connectivity index (χ0v) is 23.1. The number of nitrogens with one attached hydrogen (secondary N) is 2. The Morgan fingerprint density at radius 1 is 1.07 bits per heavy atom. The van der Waals surface area contributed by atoms with E-state index in [9.17, 15) is 14.0 Å². The number of unbranched alkanes of at least 4 members (excludes halogenated alkanes) is 1. The third-order valence-corrected chi connectivity index (χ3v) is 7.46. The molecule has 10 nitrogen and oxygen atoms in total. The number of aromatic nitrogens is 4. The zero-order valence-electron chi connectivity index (χ0n) is 23.1. The topological polar surface area (TPSA) is 117 Å². The third kappa shape index (κ3) is 6.63. The molecule has 3 heterocycles. The molecule has 2 aromatic heterocycles. The molecule has 0 radical (unpaired) electrons. The van der Waals surface area contributed by atoms with Gasteiger partial charge in [0.25, 0.3) is 0 Å². The number of halogens is 1. The molecule has 0 spiro atoms. The number of aryl methyl sites for hydroxylation is 1. The Bertz CT molecular complexity index is 1500. The lowest BCUT2D eigenvalue weighted by Gasteiger charge is -2.21. The quantitative estimate of drug-likeness (QED) is 0.245. The van der Waals surface area contributed by atoms with Crippen molar-refractivity contribution >= 4 is 17.8 Å². The molecule has 0 bridgehead atoms. The van der Waals surface area contributed by atoms with Crippen molar-refractivity contribution in [3.63, 3.8) is 0 Å². The number of hydrogen-bond acceptors (Lipinski definition) is 5. The Morgan fingerprint density at radius 3 is 2.51 bits per heavy atom. The summed E-state index contributed by atoms with van der Waals surface area (Å²) in [6, 6.07) is 15.4. The molecule has 1 aliphatic rings. The minimum atomic E-state index is -0.802. The highest BCUT2D eigenvalue weighted by Crippen LogP contribution is 2.31. The Hall–Kier alpha value is -4.51. The molecular formula is C30H34FN7O3. The predicted molar refractivity (Wildman–Crippen MR) is 154 cm³/mol. The minimum absolute atomic E-state index is 0.0492. The van der Waals surface area contributed by atoms with Gasteiger partial charge in [-0.15, -0.1) is 0 Å². The maximum absolute atomic E-state index is 13.7. The van der Waals surface area contributed by atoms with Crippen molar-refractivity contribution in [3.05, 3.63) is 83.9 Å². The maximum atomic E-state index is 13.7. The van der Waals surface area contributed by atoms with Gasteiger partial charge in [-0.25, -0.2) is 13.9 Å². The Balaban J connectivity index is 1.36. The molecule has 11 heteroatoms. The second-order valence-electron chi connectivity index (χ2n) is 10.4. The summed E-state index contributed by atoms with van der Waals surface area (Å²) in [6.45, 7) is 3.91. The number of carboxylic acid groups (broad SMARTS) is 1. The first kappa shape index (κ1) is 28.0. The number of carbonyl (C=O) groups excluding carboxylic acids is 1. The van der Waals surface area contributed by atoms with Gasteiger partial charge >= 0.3 is 12.0 Å². The summed E-state index contributed by atoms with van der Waals surface area (Å²) in [7, 11) is 1.84. The van der Waals surface area contributed by atoms with Gasteiger partial charge in [-0.3, -0.25) is 14.8 Å². The average Bonchev–Trinajstić information content (AvgIpc) is 3.65. The first-order valence-corrected chi connectivity index (χ1v) is 13.7. The van der Waals surface area contributed by atoms with E-state index in [0.717, 1.165) is 41.0 Å². The van der Waals surface area contributed by atoms with Crippen molar-refractivity contribution in [2.75, 3.05) is 25.0 Å². The van der Waals surface area contributed by atoms with Crippen molar-refractivity contribution in [1.29, 1.82) is 0 Å². The van der Waals surface area contributed by atoms with Crippen LogP contribution in [0.15, 0.2) is 67.0 Å². The molecule has 0 unspecified atom stereocenters. The van der Waals surface area contributed by atoms with E-state index in [2.05, 4.69) is 20.6 Å². The molecule has 4 aromatic rings. The maximum Gasteiger partial charge on any atom is 0.320 e. The number of carbonyl (C=O) groups is 2. The lowest BCUT2D eigenvalue weighted by atomic mass is 9.94. The van der Waals surface area contributed by atoms with Crippen LogP contribution < -0.4 is 10.6 Å². The second-order valence-corrected chi connectivity index (χ2v) is 10.4. The standard InChI is InChI=1S/C30H34FN7O3/c1-20-28(22-16-32-36(2)17-22)35-38(24-8-4-3-5-9-24)29(20)34-30(41)33-26-19-37(15-7-6-10-27(39)40)18-25(26)21-11-13-23(31)14-12-21/h3-5,8-9,11-14,16-17,25-26H,6-7,10,15,18-19H2,1-2H3,(H,39,40)(H2,33,34,41)/t25-,26+/m0/s1. The number of benzene rings is 2. The first-order chi connectivity index (χ1) is 19.8. The second kappa shape index (κ2) is 12.3. The lowest BCUT2D eigenvalue weighted by molar-refractivity contribution is -0.137. The van der Waals surface area contributed by atoms with E-state index in [4.69, 9.17) is 10.2 Å². The summed E-state index contributed by atoms with van der Waals surface area (Å²) in [5, 5.41) is 24.2. The van der Waals surface area contributed by atoms with Crippen LogP contribution in [0.5, 0.6) is 0 Å². The SMILES string of the molecule is Cc1c(-c2cnn(C)c2)nn(-c2ccccc2)c1NC(=O)N[C@@H]1CN(CCCCC(=O)O)C[C@H]1c1ccc(F)cc1. The van der Waals surface area contributed by atoms with E-state index in [1.807, 2.05) is 50.5 Å². The predicted octanol–water partition coefficient (Wildman–Crippen LogP) is 4.56. The van der Waals surface area contributed by atoms with E-state index >= 15 is 0 Å². The number of anilines is 1. The van der Waals surface area contributed by atoms with Crippen molar-refractivity contribution < 1.29 is 19.1 Å². The fourth-order valence-corrected chi connectivity index (χ4v) is 5.40. The third-order valence-electron chi connectivity index (χ3n) is 7.46. The average molecular weight is 560 g/mol. The van der Waals surface area contributed by atoms with Gasteiger partial charge in [-0.2, -0.15) is 10.2 Å². The fraction of sp³-hybridized carbons (Fsp3) is 0.333. The van der Waals surface area contributed by atoms with Gasteiger partial charge < -0.3 is 15.3 Å². The molecule has 0 aliphatic carbocycles. The summed E-state index contributed by atoms with van der Waals surface area (Å²) in [6.07, 6.45) is 5.09. The zero-order chi connectivity index (χ0) is 28.9. The van der Waals surface area contributed by atoms with Crippen LogP contribution in [0.4, 0.5) is 15.0 Å². The summed E-state index contributed by atoms with van der Waals surface area (Å²) in [5.41, 5.74) is 4.11. The van der Waals surface area contributed by atoms with Crippen molar-refractivity contribution in [1.82, 2.24) is 29.8 Å². The fourth-order valence-electron chi connectivity index (χ4n) is 5.40. The van der Waals surface area contributed by atoms with E-state index < -0.39 is 5.97 Å². The van der Waals surface area contributed by atoms with Crippen LogP contribution in [-0.4, -0.2) is 67.2 Å². The van der Waals surface area contributed by atoms with Gasteiger partial charge in [0.15, 0.2) is 0 Å². The largest absolute Gasteiger partial charge is 0.481 e. The van der Waals surface area contributed by atoms with Gasteiger partial charge in [0.05, 0.1) is 17.9 Å².